The van der Waals surface area contributed by atoms with E-state index in [-0.39, 0.29) is 34.4 Å². The molecule has 5 aromatic rings. The Balaban J connectivity index is 0.000000185. The first-order valence-corrected chi connectivity index (χ1v) is 15.3. The monoisotopic (exact) mass is 659 g/mol. The number of allylic oxidation sites excluding steroid dienone is 3. The first kappa shape index (κ1) is 34.1. The van der Waals surface area contributed by atoms with Gasteiger partial charge in [-0.25, -0.2) is 4.98 Å². The molecule has 0 aliphatic heterocycles. The molecule has 49 heavy (non-hydrogen) atoms. The summed E-state index contributed by atoms with van der Waals surface area (Å²) in [5.74, 6) is -0.00433. The van der Waals surface area contributed by atoms with Gasteiger partial charge >= 0.3 is 0 Å². The van der Waals surface area contributed by atoms with Crippen LogP contribution in [-0.4, -0.2) is 46.5 Å². The molecular weight excluding hydrogens is 623 g/mol. The maximum absolute atomic E-state index is 12.9. The van der Waals surface area contributed by atoms with Crippen LogP contribution in [0, 0.1) is 0 Å². The first-order valence-electron chi connectivity index (χ1n) is 16.0. The summed E-state index contributed by atoms with van der Waals surface area (Å²) in [6, 6.07) is 20.3. The minimum absolute atomic E-state index is 0.120. The zero-order chi connectivity index (χ0) is 36.4. The highest BCUT2D eigenvalue weighted by molar-refractivity contribution is 6.32. The number of rotatable bonds is 4. The van der Waals surface area contributed by atoms with Crippen molar-refractivity contribution in [1.29, 1.82) is 0 Å². The Morgan fingerprint density at radius 1 is 0.714 bits per heavy atom. The fraction of sp³-hybridized carbons (Fsp3) is 0.128. The highest BCUT2D eigenvalue weighted by Crippen LogP contribution is 2.34. The number of hydrogen-bond donors (Lipinski definition) is 3. The van der Waals surface area contributed by atoms with Gasteiger partial charge in [0.25, 0.3) is 0 Å². The van der Waals surface area contributed by atoms with Crippen LogP contribution in [0.2, 0.25) is 0 Å². The third kappa shape index (κ3) is 7.03. The number of ketones is 4. The number of aromatic amines is 1. The maximum atomic E-state index is 12.9. The van der Waals surface area contributed by atoms with E-state index in [2.05, 4.69) is 9.97 Å². The van der Waals surface area contributed by atoms with Crippen LogP contribution in [0.5, 0.6) is 0 Å². The van der Waals surface area contributed by atoms with Gasteiger partial charge in [0, 0.05) is 33.4 Å². The van der Waals surface area contributed by atoms with Crippen LogP contribution in [0.15, 0.2) is 91.0 Å². The van der Waals surface area contributed by atoms with Gasteiger partial charge in [-0.3, -0.25) is 28.4 Å². The lowest BCUT2D eigenvalue weighted by atomic mass is 9.83. The molecule has 0 saturated carbocycles. The minimum atomic E-state index is -1.00. The number of benzene rings is 4. The summed E-state index contributed by atoms with van der Waals surface area (Å²) in [5, 5.41) is 0. The normalized spacial score (nSPS) is 12.8. The minimum Gasteiger partial charge on any atom is -0.397 e. The summed E-state index contributed by atoms with van der Waals surface area (Å²) in [4.78, 5) is 67.3. The number of anilines is 2. The number of carbonyl (C=O) groups excluding carboxylic acids is 5. The Morgan fingerprint density at radius 2 is 1.20 bits per heavy atom. The number of alkyl halides is 1. The van der Waals surface area contributed by atoms with Crippen LogP contribution in [-0.2, 0) is 4.79 Å². The number of nitrogens with two attached hydrogens (primary N) is 2. The standard InChI is InChI=1S/C19H14N2O2.C14H10N2O2.C5H8O.CH3F/c1-2-3-8-15-20-14-10-9-13-16(17(14)21-15)19(23)12-7-5-4-6-11(12)18(13)22;15-10-6-5-9-11(12(10)16)14(18)8-4-2-1-3-7(8)13(9)17;1-2-3-4-5-6;1-2/h3-10H,2H2,1H3,(H,20,21);1-6H,15-16H2;3-5H,2H2,1H3;1H3/b8-3+;;4-3+;/i;;;1D. The van der Waals surface area contributed by atoms with Gasteiger partial charge in [-0.1, -0.05) is 74.5 Å². The van der Waals surface area contributed by atoms with Crippen molar-refractivity contribution in [2.75, 3.05) is 18.6 Å². The quantitative estimate of drug-likeness (QED) is 0.102. The second-order valence-corrected chi connectivity index (χ2v) is 10.7. The van der Waals surface area contributed by atoms with E-state index in [0.29, 0.717) is 56.0 Å². The number of H-pyrrole nitrogens is 1. The highest BCUT2D eigenvalue weighted by atomic mass is 19.1. The van der Waals surface area contributed by atoms with E-state index >= 15 is 0 Å². The van der Waals surface area contributed by atoms with E-state index in [4.69, 9.17) is 12.8 Å². The van der Waals surface area contributed by atoms with Crippen molar-refractivity contribution in [3.63, 3.8) is 0 Å². The molecule has 10 heteroatoms. The number of nitrogen functional groups attached to an aromatic ring is 2. The molecule has 5 N–H and O–H groups in total. The lowest BCUT2D eigenvalue weighted by Gasteiger charge is -2.19. The Bertz CT molecular complexity index is 2170. The van der Waals surface area contributed by atoms with Gasteiger partial charge in [-0.05, 0) is 49.3 Å². The fourth-order valence-corrected chi connectivity index (χ4v) is 5.40. The number of imidazole rings is 1. The smallest absolute Gasteiger partial charge is 0.196 e. The summed E-state index contributed by atoms with van der Waals surface area (Å²) in [6.45, 7) is 4.03. The molecular formula is C39H35FN4O5. The van der Waals surface area contributed by atoms with Gasteiger partial charge in [0.05, 0.1) is 36.5 Å². The second kappa shape index (κ2) is 16.0. The van der Waals surface area contributed by atoms with Crippen LogP contribution in [0.4, 0.5) is 15.8 Å². The number of hydrogen-bond acceptors (Lipinski definition) is 8. The van der Waals surface area contributed by atoms with Crippen molar-refractivity contribution in [2.45, 2.75) is 26.7 Å². The average molecular weight is 660 g/mol. The van der Waals surface area contributed by atoms with E-state index in [1.54, 1.807) is 66.7 Å². The number of fused-ring (bicyclic) bond motifs is 6. The summed E-state index contributed by atoms with van der Waals surface area (Å²) in [5.41, 5.74) is 16.4. The molecule has 0 unspecified atom stereocenters. The number of halogens is 1. The summed E-state index contributed by atoms with van der Waals surface area (Å²) >= 11 is 0. The van der Waals surface area contributed by atoms with Crippen LogP contribution in [0.25, 0.3) is 17.1 Å². The molecule has 1 heterocycles. The van der Waals surface area contributed by atoms with E-state index in [0.717, 1.165) is 24.6 Å². The molecule has 0 saturated heterocycles. The molecule has 0 fully saturated rings. The van der Waals surface area contributed by atoms with Crippen molar-refractivity contribution in [3.05, 3.63) is 141 Å². The average Bonchev–Trinajstić information content (AvgIpc) is 3.56. The Morgan fingerprint density at radius 3 is 1.71 bits per heavy atom. The van der Waals surface area contributed by atoms with Gasteiger partial charge in [-0.15, -0.1) is 0 Å². The van der Waals surface area contributed by atoms with Crippen molar-refractivity contribution in [1.82, 2.24) is 9.97 Å². The molecule has 1 aromatic heterocycles. The molecule has 4 aromatic carbocycles. The number of aromatic nitrogens is 2. The number of nitrogens with one attached hydrogen (secondary N) is 1. The molecule has 0 spiro atoms. The Kier molecular flexibility index (Phi) is 11.1. The van der Waals surface area contributed by atoms with Crippen LogP contribution in [0.1, 0.15) is 97.6 Å². The lowest BCUT2D eigenvalue weighted by Crippen LogP contribution is -2.22. The molecule has 2 aliphatic carbocycles. The first-order chi connectivity index (χ1) is 24.1. The fourth-order valence-electron chi connectivity index (χ4n) is 5.40. The van der Waals surface area contributed by atoms with E-state index < -0.39 is 7.15 Å². The van der Waals surface area contributed by atoms with Crippen molar-refractivity contribution < 1.29 is 29.7 Å². The van der Waals surface area contributed by atoms with Crippen molar-refractivity contribution >= 4 is 57.9 Å². The molecule has 2 aliphatic rings. The third-order valence-electron chi connectivity index (χ3n) is 7.69. The van der Waals surface area contributed by atoms with Crippen molar-refractivity contribution in [2.24, 2.45) is 0 Å². The molecule has 0 bridgehead atoms. The van der Waals surface area contributed by atoms with E-state index in [9.17, 15) is 28.4 Å². The third-order valence-corrected chi connectivity index (χ3v) is 7.69. The molecule has 0 atom stereocenters. The summed E-state index contributed by atoms with van der Waals surface area (Å²) in [6.07, 6.45) is 9.82. The summed E-state index contributed by atoms with van der Waals surface area (Å²) < 4.78 is 15.5. The van der Waals surface area contributed by atoms with E-state index in [1.807, 2.05) is 38.1 Å². The Hall–Kier alpha value is -6.29. The Labute approximate surface area is 284 Å². The lowest BCUT2D eigenvalue weighted by molar-refractivity contribution is -0.104. The highest BCUT2D eigenvalue weighted by Gasteiger charge is 2.33. The van der Waals surface area contributed by atoms with E-state index in [1.165, 1.54) is 6.08 Å². The molecule has 9 nitrogen and oxygen atoms in total. The van der Waals surface area contributed by atoms with Gasteiger partial charge in [0.1, 0.15) is 17.6 Å². The SMILES string of the molecule is CC/C=C/C=O.CC/C=C/c1nc2c3c(ccc2[nH]1)C(=O)c1ccccc1C3=O.Nc1ccc2c(c1N)C(=O)c1ccccc1C2=O.[2H]CF. The molecule has 7 rings (SSSR count). The molecule has 248 valence electrons. The van der Waals surface area contributed by atoms with Gasteiger partial charge in [0.15, 0.2) is 23.1 Å². The van der Waals surface area contributed by atoms with Gasteiger partial charge in [-0.2, -0.15) is 0 Å². The van der Waals surface area contributed by atoms with Crippen LogP contribution >= 0.6 is 0 Å². The zero-order valence-electron chi connectivity index (χ0n) is 28.0. The predicted octanol–water partition coefficient (Wildman–Crippen LogP) is 7.13. The number of aldehydes is 1. The van der Waals surface area contributed by atoms with Crippen LogP contribution in [0.3, 0.4) is 0 Å². The molecule has 0 radical (unpaired) electrons. The summed E-state index contributed by atoms with van der Waals surface area (Å²) in [7, 11) is -1.00. The zero-order valence-corrected chi connectivity index (χ0v) is 27.0. The van der Waals surface area contributed by atoms with Gasteiger partial charge < -0.3 is 16.5 Å². The predicted molar refractivity (Wildman–Crippen MR) is 190 cm³/mol. The van der Waals surface area contributed by atoms with Crippen LogP contribution < -0.4 is 11.5 Å². The van der Waals surface area contributed by atoms with Crippen molar-refractivity contribution in [3.8, 4) is 0 Å². The molecule has 0 amide bonds. The number of carbonyl (C=O) groups is 5. The topological polar surface area (TPSA) is 166 Å². The largest absolute Gasteiger partial charge is 0.397 e. The second-order valence-electron chi connectivity index (χ2n) is 10.7. The van der Waals surface area contributed by atoms with Gasteiger partial charge in [0.2, 0.25) is 0 Å². The number of nitrogens with zero attached hydrogens (tertiary/aromatic N) is 1. The maximum Gasteiger partial charge on any atom is 0.196 e.